The van der Waals surface area contributed by atoms with E-state index in [0.29, 0.717) is 6.04 Å². The van der Waals surface area contributed by atoms with Gasteiger partial charge in [0.2, 0.25) is 0 Å². The molecule has 1 nitrogen and oxygen atoms in total. The Hall–Kier alpha value is -0.820. The summed E-state index contributed by atoms with van der Waals surface area (Å²) in [5.74, 6) is 3.06. The molecule has 1 aromatic rings. The number of aryl methyl sites for hydroxylation is 3. The van der Waals surface area contributed by atoms with E-state index in [-0.39, 0.29) is 0 Å². The molecular weight excluding hydrogens is 254 g/mol. The summed E-state index contributed by atoms with van der Waals surface area (Å²) in [4.78, 5) is 0. The van der Waals surface area contributed by atoms with Crippen molar-refractivity contribution in [2.24, 2.45) is 17.8 Å². The molecule has 0 amide bonds. The summed E-state index contributed by atoms with van der Waals surface area (Å²) in [7, 11) is 0. The van der Waals surface area contributed by atoms with Crippen molar-refractivity contribution < 1.29 is 0 Å². The zero-order valence-corrected chi connectivity index (χ0v) is 14.2. The Bertz CT molecular complexity index is 472. The van der Waals surface area contributed by atoms with Crippen molar-refractivity contribution >= 4 is 0 Å². The molecule has 0 saturated heterocycles. The standard InChI is InChI=1S/C20H31N/c1-5-9-21-19(20-16-7-6-8-17(16)20)12-18-14(3)10-13(2)11-15(18)4/h10-11,16-17,19-21H,5-9,12H2,1-4H3. The van der Waals surface area contributed by atoms with E-state index in [4.69, 9.17) is 0 Å². The van der Waals surface area contributed by atoms with Crippen molar-refractivity contribution in [1.82, 2.24) is 5.32 Å². The van der Waals surface area contributed by atoms with Gasteiger partial charge in [-0.15, -0.1) is 0 Å². The summed E-state index contributed by atoms with van der Waals surface area (Å²) in [5.41, 5.74) is 5.97. The van der Waals surface area contributed by atoms with Gasteiger partial charge in [0.25, 0.3) is 0 Å². The van der Waals surface area contributed by atoms with Gasteiger partial charge in [-0.1, -0.05) is 31.0 Å². The van der Waals surface area contributed by atoms with Gasteiger partial charge in [-0.25, -0.2) is 0 Å². The topological polar surface area (TPSA) is 12.0 Å². The van der Waals surface area contributed by atoms with Gasteiger partial charge >= 0.3 is 0 Å². The molecule has 0 heterocycles. The van der Waals surface area contributed by atoms with Crippen molar-refractivity contribution in [2.75, 3.05) is 6.54 Å². The lowest BCUT2D eigenvalue weighted by molar-refractivity contribution is 0.402. The maximum Gasteiger partial charge on any atom is 0.0141 e. The monoisotopic (exact) mass is 285 g/mol. The second-order valence-electron chi connectivity index (χ2n) is 7.48. The molecule has 0 radical (unpaired) electrons. The van der Waals surface area contributed by atoms with Crippen LogP contribution in [0.25, 0.3) is 0 Å². The number of benzene rings is 1. The molecule has 21 heavy (non-hydrogen) atoms. The van der Waals surface area contributed by atoms with Gasteiger partial charge in [-0.05, 0) is 87.4 Å². The zero-order chi connectivity index (χ0) is 15.0. The summed E-state index contributed by atoms with van der Waals surface area (Å²) < 4.78 is 0. The minimum Gasteiger partial charge on any atom is -0.313 e. The van der Waals surface area contributed by atoms with E-state index in [1.54, 1.807) is 5.56 Å². The van der Waals surface area contributed by atoms with Crippen molar-refractivity contribution in [3.63, 3.8) is 0 Å². The molecule has 2 fully saturated rings. The third-order valence-electron chi connectivity index (χ3n) is 5.86. The first-order valence-corrected chi connectivity index (χ1v) is 8.92. The largest absolute Gasteiger partial charge is 0.313 e. The average molecular weight is 285 g/mol. The Morgan fingerprint density at radius 2 is 1.71 bits per heavy atom. The highest BCUT2D eigenvalue weighted by Gasteiger charge is 2.55. The Morgan fingerprint density at radius 3 is 2.29 bits per heavy atom. The molecule has 2 aliphatic carbocycles. The molecule has 1 N–H and O–H groups in total. The molecule has 0 aromatic heterocycles. The molecule has 0 aliphatic heterocycles. The molecule has 0 bridgehead atoms. The average Bonchev–Trinajstić information content (AvgIpc) is 2.90. The lowest BCUT2D eigenvalue weighted by Crippen LogP contribution is -2.35. The first-order valence-electron chi connectivity index (χ1n) is 8.92. The summed E-state index contributed by atoms with van der Waals surface area (Å²) in [6.07, 6.45) is 6.94. The van der Waals surface area contributed by atoms with Gasteiger partial charge in [0.05, 0.1) is 0 Å². The van der Waals surface area contributed by atoms with Gasteiger partial charge in [-0.3, -0.25) is 0 Å². The van der Waals surface area contributed by atoms with E-state index < -0.39 is 0 Å². The van der Waals surface area contributed by atoms with Crippen molar-refractivity contribution in [3.8, 4) is 0 Å². The first kappa shape index (κ1) is 15.1. The lowest BCUT2D eigenvalue weighted by Gasteiger charge is -2.23. The van der Waals surface area contributed by atoms with Crippen LogP contribution in [0, 0.1) is 38.5 Å². The van der Waals surface area contributed by atoms with Crippen LogP contribution in [0.5, 0.6) is 0 Å². The first-order chi connectivity index (χ1) is 10.1. The summed E-state index contributed by atoms with van der Waals surface area (Å²) >= 11 is 0. The van der Waals surface area contributed by atoms with E-state index in [1.165, 1.54) is 55.3 Å². The highest BCUT2D eigenvalue weighted by atomic mass is 14.9. The van der Waals surface area contributed by atoms with E-state index >= 15 is 0 Å². The summed E-state index contributed by atoms with van der Waals surface area (Å²) in [6, 6.07) is 5.42. The second-order valence-corrected chi connectivity index (χ2v) is 7.48. The maximum absolute atomic E-state index is 3.88. The minimum absolute atomic E-state index is 0.709. The third kappa shape index (κ3) is 3.04. The molecule has 3 rings (SSSR count). The Kier molecular flexibility index (Phi) is 4.40. The van der Waals surface area contributed by atoms with Crippen molar-refractivity contribution in [2.45, 2.75) is 65.8 Å². The van der Waals surface area contributed by atoms with Crippen LogP contribution in [0.4, 0.5) is 0 Å². The Balaban J connectivity index is 1.75. The molecule has 2 saturated carbocycles. The summed E-state index contributed by atoms with van der Waals surface area (Å²) in [5, 5.41) is 3.88. The fraction of sp³-hybridized carbons (Fsp3) is 0.700. The molecule has 0 spiro atoms. The summed E-state index contributed by atoms with van der Waals surface area (Å²) in [6.45, 7) is 10.2. The fourth-order valence-electron chi connectivity index (χ4n) is 4.90. The third-order valence-corrected chi connectivity index (χ3v) is 5.86. The number of hydrogen-bond acceptors (Lipinski definition) is 1. The van der Waals surface area contributed by atoms with Crippen LogP contribution in [-0.4, -0.2) is 12.6 Å². The highest BCUT2D eigenvalue weighted by Crippen LogP contribution is 2.59. The second kappa shape index (κ2) is 6.12. The van der Waals surface area contributed by atoms with Crippen LogP contribution in [-0.2, 0) is 6.42 Å². The molecule has 3 atom stereocenters. The van der Waals surface area contributed by atoms with Gasteiger partial charge in [0, 0.05) is 6.04 Å². The lowest BCUT2D eigenvalue weighted by atomic mass is 9.91. The van der Waals surface area contributed by atoms with Crippen LogP contribution < -0.4 is 5.32 Å². The van der Waals surface area contributed by atoms with Gasteiger partial charge in [0.1, 0.15) is 0 Å². The van der Waals surface area contributed by atoms with Gasteiger partial charge in [-0.2, -0.15) is 0 Å². The predicted molar refractivity (Wildman–Crippen MR) is 90.8 cm³/mol. The highest BCUT2D eigenvalue weighted by molar-refractivity contribution is 5.38. The van der Waals surface area contributed by atoms with Crippen LogP contribution >= 0.6 is 0 Å². The van der Waals surface area contributed by atoms with Crippen LogP contribution in [0.15, 0.2) is 12.1 Å². The van der Waals surface area contributed by atoms with Gasteiger partial charge in [0.15, 0.2) is 0 Å². The van der Waals surface area contributed by atoms with E-state index in [1.807, 2.05) is 0 Å². The van der Waals surface area contributed by atoms with Gasteiger partial charge < -0.3 is 5.32 Å². The quantitative estimate of drug-likeness (QED) is 0.807. The predicted octanol–water partition coefficient (Wildman–Crippen LogP) is 4.57. The van der Waals surface area contributed by atoms with E-state index in [0.717, 1.165) is 17.8 Å². The van der Waals surface area contributed by atoms with E-state index in [2.05, 4.69) is 45.1 Å². The Morgan fingerprint density at radius 1 is 1.10 bits per heavy atom. The maximum atomic E-state index is 3.88. The smallest absolute Gasteiger partial charge is 0.0141 e. The van der Waals surface area contributed by atoms with Crippen molar-refractivity contribution in [1.29, 1.82) is 0 Å². The van der Waals surface area contributed by atoms with Crippen LogP contribution in [0.3, 0.4) is 0 Å². The van der Waals surface area contributed by atoms with Crippen LogP contribution in [0.2, 0.25) is 0 Å². The number of rotatable bonds is 6. The zero-order valence-electron chi connectivity index (χ0n) is 14.2. The van der Waals surface area contributed by atoms with Crippen LogP contribution in [0.1, 0.15) is 54.9 Å². The normalized spacial score (nSPS) is 28.5. The number of hydrogen-bond donors (Lipinski definition) is 1. The molecule has 1 heteroatoms. The molecule has 2 aliphatic rings. The minimum atomic E-state index is 0.709. The molecule has 1 aromatic carbocycles. The molecular formula is C20H31N. The SMILES string of the molecule is CCCNC(Cc1c(C)cc(C)cc1C)C1C2CCCC21. The Labute approximate surface area is 130 Å². The number of nitrogens with one attached hydrogen (secondary N) is 1. The van der Waals surface area contributed by atoms with Crippen molar-refractivity contribution in [3.05, 3.63) is 34.4 Å². The number of fused-ring (bicyclic) bond motifs is 1. The fourth-order valence-corrected chi connectivity index (χ4v) is 4.90. The van der Waals surface area contributed by atoms with E-state index in [9.17, 15) is 0 Å². The molecule has 116 valence electrons. The molecule has 3 unspecified atom stereocenters.